The van der Waals surface area contributed by atoms with E-state index in [2.05, 4.69) is 5.32 Å². The van der Waals surface area contributed by atoms with Crippen LogP contribution in [-0.2, 0) is 4.79 Å². The molecule has 2 amide bonds. The zero-order valence-corrected chi connectivity index (χ0v) is 16.7. The molecule has 6 nitrogen and oxygen atoms in total. The highest BCUT2D eigenvalue weighted by Crippen LogP contribution is 2.16. The summed E-state index contributed by atoms with van der Waals surface area (Å²) in [6, 6.07) is 20.9. The standard InChI is InChI=1S/C24H25N3O3/c28-23(18-30-22-6-2-1-3-7-22)25-20-12-16-27(17-13-20)24(29)19-8-10-21(11-9-19)26-14-4-5-15-26/h1-11,14-15,20H,12-13,16-18H2,(H,25,28). The van der Waals surface area contributed by atoms with Crippen LogP contribution in [0, 0.1) is 0 Å². The van der Waals surface area contributed by atoms with Gasteiger partial charge in [-0.1, -0.05) is 18.2 Å². The first-order chi connectivity index (χ1) is 14.7. The predicted molar refractivity (Wildman–Crippen MR) is 115 cm³/mol. The lowest BCUT2D eigenvalue weighted by Gasteiger charge is -2.32. The molecule has 3 aromatic rings. The Bertz CT molecular complexity index is 961. The maximum atomic E-state index is 12.8. The van der Waals surface area contributed by atoms with E-state index in [1.807, 2.05) is 88.6 Å². The van der Waals surface area contributed by atoms with E-state index >= 15 is 0 Å². The van der Waals surface area contributed by atoms with Gasteiger partial charge in [-0.05, 0) is 61.4 Å². The van der Waals surface area contributed by atoms with Crippen molar-refractivity contribution in [3.05, 3.63) is 84.7 Å². The Balaban J connectivity index is 1.24. The molecule has 1 fully saturated rings. The van der Waals surface area contributed by atoms with Crippen molar-refractivity contribution >= 4 is 11.8 Å². The summed E-state index contributed by atoms with van der Waals surface area (Å²) in [6.45, 7) is 1.25. The van der Waals surface area contributed by atoms with Gasteiger partial charge >= 0.3 is 0 Å². The predicted octanol–water partition coefficient (Wildman–Crippen LogP) is 3.28. The Morgan fingerprint density at radius 3 is 2.23 bits per heavy atom. The van der Waals surface area contributed by atoms with Crippen LogP contribution in [0.15, 0.2) is 79.1 Å². The molecule has 6 heteroatoms. The number of rotatable bonds is 6. The summed E-state index contributed by atoms with van der Waals surface area (Å²) in [5.41, 5.74) is 1.71. The lowest BCUT2D eigenvalue weighted by Crippen LogP contribution is -2.47. The summed E-state index contributed by atoms with van der Waals surface area (Å²) >= 11 is 0. The van der Waals surface area contributed by atoms with Crippen LogP contribution in [0.1, 0.15) is 23.2 Å². The number of piperidine rings is 1. The van der Waals surface area contributed by atoms with Crippen LogP contribution in [0.4, 0.5) is 0 Å². The fourth-order valence-electron chi connectivity index (χ4n) is 3.63. The topological polar surface area (TPSA) is 63.6 Å². The van der Waals surface area contributed by atoms with E-state index in [9.17, 15) is 9.59 Å². The highest BCUT2D eigenvalue weighted by atomic mass is 16.5. The monoisotopic (exact) mass is 403 g/mol. The van der Waals surface area contributed by atoms with Gasteiger partial charge in [0.1, 0.15) is 5.75 Å². The molecule has 1 aliphatic heterocycles. The van der Waals surface area contributed by atoms with E-state index in [0.717, 1.165) is 18.5 Å². The van der Waals surface area contributed by atoms with Crippen LogP contribution in [0.3, 0.4) is 0 Å². The average molecular weight is 403 g/mol. The molecule has 0 unspecified atom stereocenters. The zero-order valence-electron chi connectivity index (χ0n) is 16.7. The molecule has 0 atom stereocenters. The van der Waals surface area contributed by atoms with E-state index in [-0.39, 0.29) is 24.5 Å². The minimum absolute atomic E-state index is 0.00307. The molecule has 1 aromatic heterocycles. The summed E-state index contributed by atoms with van der Waals surface area (Å²) in [7, 11) is 0. The number of carbonyl (C=O) groups excluding carboxylic acids is 2. The highest BCUT2D eigenvalue weighted by Gasteiger charge is 2.24. The molecule has 0 saturated carbocycles. The molecule has 0 bridgehead atoms. The van der Waals surface area contributed by atoms with Gasteiger partial charge < -0.3 is 19.5 Å². The third-order valence-corrected chi connectivity index (χ3v) is 5.28. The van der Waals surface area contributed by atoms with Crippen molar-refractivity contribution in [2.45, 2.75) is 18.9 Å². The van der Waals surface area contributed by atoms with Crippen LogP contribution < -0.4 is 10.1 Å². The Kier molecular flexibility index (Phi) is 6.13. The number of hydrogen-bond donors (Lipinski definition) is 1. The number of likely N-dealkylation sites (tertiary alicyclic amines) is 1. The van der Waals surface area contributed by atoms with Crippen molar-refractivity contribution in [3.8, 4) is 11.4 Å². The summed E-state index contributed by atoms with van der Waals surface area (Å²) in [5.74, 6) is 0.575. The van der Waals surface area contributed by atoms with Crippen molar-refractivity contribution in [1.82, 2.24) is 14.8 Å². The van der Waals surface area contributed by atoms with Gasteiger partial charge in [-0.2, -0.15) is 0 Å². The summed E-state index contributed by atoms with van der Waals surface area (Å²) in [5, 5.41) is 3.01. The van der Waals surface area contributed by atoms with Gasteiger partial charge in [-0.3, -0.25) is 9.59 Å². The lowest BCUT2D eigenvalue weighted by molar-refractivity contribution is -0.124. The van der Waals surface area contributed by atoms with Crippen LogP contribution in [0.2, 0.25) is 0 Å². The maximum absolute atomic E-state index is 12.8. The van der Waals surface area contributed by atoms with Crippen molar-refractivity contribution < 1.29 is 14.3 Å². The van der Waals surface area contributed by atoms with Crippen molar-refractivity contribution in [2.24, 2.45) is 0 Å². The Labute approximate surface area is 176 Å². The molecule has 1 N–H and O–H groups in total. The van der Waals surface area contributed by atoms with Crippen molar-refractivity contribution in [3.63, 3.8) is 0 Å². The van der Waals surface area contributed by atoms with E-state index in [4.69, 9.17) is 4.74 Å². The van der Waals surface area contributed by atoms with E-state index < -0.39 is 0 Å². The minimum atomic E-state index is -0.135. The number of benzene rings is 2. The zero-order chi connectivity index (χ0) is 20.8. The second kappa shape index (κ2) is 9.31. The molecule has 0 aliphatic carbocycles. The van der Waals surface area contributed by atoms with Crippen molar-refractivity contribution in [1.29, 1.82) is 0 Å². The van der Waals surface area contributed by atoms with Gasteiger partial charge in [0.2, 0.25) is 0 Å². The fourth-order valence-corrected chi connectivity index (χ4v) is 3.63. The summed E-state index contributed by atoms with van der Waals surface area (Å²) in [4.78, 5) is 26.8. The summed E-state index contributed by atoms with van der Waals surface area (Å²) < 4.78 is 7.49. The smallest absolute Gasteiger partial charge is 0.258 e. The third kappa shape index (κ3) is 4.89. The van der Waals surface area contributed by atoms with Crippen LogP contribution in [0.25, 0.3) is 5.69 Å². The molecular formula is C24H25N3O3. The SMILES string of the molecule is O=C(COc1ccccc1)NC1CCN(C(=O)c2ccc(-n3cccc3)cc2)CC1. The Morgan fingerprint density at radius 1 is 0.900 bits per heavy atom. The molecule has 4 rings (SSSR count). The van der Waals surface area contributed by atoms with Crippen LogP contribution >= 0.6 is 0 Å². The first-order valence-electron chi connectivity index (χ1n) is 10.2. The Hall–Kier alpha value is -3.54. The van der Waals surface area contributed by atoms with Gasteiger partial charge in [-0.25, -0.2) is 0 Å². The first-order valence-corrected chi connectivity index (χ1v) is 10.2. The second-order valence-corrected chi connectivity index (χ2v) is 7.37. The molecular weight excluding hydrogens is 378 g/mol. The molecule has 2 heterocycles. The number of nitrogens with zero attached hydrogens (tertiary/aromatic N) is 2. The van der Waals surface area contributed by atoms with Gasteiger partial charge in [0.15, 0.2) is 6.61 Å². The van der Waals surface area contributed by atoms with E-state index in [1.165, 1.54) is 0 Å². The minimum Gasteiger partial charge on any atom is -0.484 e. The number of carbonyl (C=O) groups is 2. The first kappa shape index (κ1) is 19.8. The normalized spacial score (nSPS) is 14.3. The maximum Gasteiger partial charge on any atom is 0.258 e. The van der Waals surface area contributed by atoms with Crippen LogP contribution in [0.5, 0.6) is 5.75 Å². The molecule has 0 radical (unpaired) electrons. The van der Waals surface area contributed by atoms with Gasteiger partial charge in [-0.15, -0.1) is 0 Å². The highest BCUT2D eigenvalue weighted by molar-refractivity contribution is 5.94. The lowest BCUT2D eigenvalue weighted by atomic mass is 10.0. The van der Waals surface area contributed by atoms with Crippen LogP contribution in [-0.4, -0.2) is 47.0 Å². The van der Waals surface area contributed by atoms with E-state index in [0.29, 0.717) is 24.4 Å². The molecule has 30 heavy (non-hydrogen) atoms. The average Bonchev–Trinajstić information content (AvgIpc) is 3.34. The van der Waals surface area contributed by atoms with Gasteiger partial charge in [0.05, 0.1) is 0 Å². The van der Waals surface area contributed by atoms with Gasteiger partial charge in [0, 0.05) is 42.8 Å². The second-order valence-electron chi connectivity index (χ2n) is 7.37. The number of ether oxygens (including phenoxy) is 1. The molecule has 0 spiro atoms. The third-order valence-electron chi connectivity index (χ3n) is 5.28. The number of hydrogen-bond acceptors (Lipinski definition) is 3. The molecule has 1 saturated heterocycles. The number of amides is 2. The molecule has 1 aliphatic rings. The number of nitrogens with one attached hydrogen (secondary N) is 1. The fraction of sp³-hybridized carbons (Fsp3) is 0.250. The Morgan fingerprint density at radius 2 is 1.57 bits per heavy atom. The summed E-state index contributed by atoms with van der Waals surface area (Å²) in [6.07, 6.45) is 5.43. The number of aromatic nitrogens is 1. The number of para-hydroxylation sites is 1. The quantitative estimate of drug-likeness (QED) is 0.687. The van der Waals surface area contributed by atoms with E-state index in [1.54, 1.807) is 0 Å². The van der Waals surface area contributed by atoms with Gasteiger partial charge in [0.25, 0.3) is 11.8 Å². The molecule has 154 valence electrons. The largest absolute Gasteiger partial charge is 0.484 e. The van der Waals surface area contributed by atoms with Crippen molar-refractivity contribution in [2.75, 3.05) is 19.7 Å². The molecule has 2 aromatic carbocycles.